The van der Waals surface area contributed by atoms with E-state index in [4.69, 9.17) is 10.9 Å². The van der Waals surface area contributed by atoms with E-state index in [0.717, 1.165) is 0 Å². The lowest BCUT2D eigenvalue weighted by molar-refractivity contribution is -0.119. The van der Waals surface area contributed by atoms with Gasteiger partial charge in [-0.15, -0.1) is 0 Å². The van der Waals surface area contributed by atoms with Crippen molar-refractivity contribution < 1.29 is 18.4 Å². The van der Waals surface area contributed by atoms with Gasteiger partial charge in [0, 0.05) is 5.56 Å². The minimum atomic E-state index is -3.11. The molecule has 1 heterocycles. The molecule has 0 spiro atoms. The summed E-state index contributed by atoms with van der Waals surface area (Å²) >= 11 is 0. The number of oxime groups is 1. The van der Waals surface area contributed by atoms with Crippen molar-refractivity contribution in [1.29, 1.82) is 0 Å². The van der Waals surface area contributed by atoms with Crippen molar-refractivity contribution in [2.75, 3.05) is 16.8 Å². The first-order valence-corrected chi connectivity index (χ1v) is 7.83. The smallest absolute Gasteiger partial charge is 0.228 e. The fourth-order valence-electron chi connectivity index (χ4n) is 2.11. The lowest BCUT2D eigenvalue weighted by Crippen LogP contribution is -2.25. The SMILES string of the molecule is NC(=NO)c1ccccc1NC(=O)C1CCS(=O)(=O)C1. The van der Waals surface area contributed by atoms with Gasteiger partial charge in [0.15, 0.2) is 15.7 Å². The van der Waals surface area contributed by atoms with Gasteiger partial charge in [-0.25, -0.2) is 8.42 Å². The molecule has 1 aliphatic heterocycles. The van der Waals surface area contributed by atoms with Gasteiger partial charge < -0.3 is 16.3 Å². The van der Waals surface area contributed by atoms with Gasteiger partial charge in [0.2, 0.25) is 5.91 Å². The number of amidine groups is 1. The summed E-state index contributed by atoms with van der Waals surface area (Å²) in [6, 6.07) is 6.57. The van der Waals surface area contributed by atoms with E-state index in [1.54, 1.807) is 24.3 Å². The van der Waals surface area contributed by atoms with Crippen LogP contribution in [0.5, 0.6) is 0 Å². The van der Waals surface area contributed by atoms with Gasteiger partial charge in [-0.3, -0.25) is 4.79 Å². The Morgan fingerprint density at radius 3 is 2.70 bits per heavy atom. The number of para-hydroxylation sites is 1. The second-order valence-corrected chi connectivity index (χ2v) is 6.85. The molecule has 0 bridgehead atoms. The van der Waals surface area contributed by atoms with Crippen molar-refractivity contribution >= 4 is 27.3 Å². The standard InChI is InChI=1S/C12H15N3O4S/c13-11(15-17)9-3-1-2-4-10(9)14-12(16)8-5-6-20(18,19)7-8/h1-4,8,17H,5-7H2,(H2,13,15)(H,14,16). The molecule has 1 saturated heterocycles. The first kappa shape index (κ1) is 14.3. The Bertz CT molecular complexity index is 654. The lowest BCUT2D eigenvalue weighted by Gasteiger charge is -2.12. The van der Waals surface area contributed by atoms with Gasteiger partial charge in [-0.05, 0) is 18.6 Å². The molecule has 1 aromatic carbocycles. The topological polar surface area (TPSA) is 122 Å². The summed E-state index contributed by atoms with van der Waals surface area (Å²) in [5.41, 5.74) is 6.29. The van der Waals surface area contributed by atoms with Crippen molar-refractivity contribution in [2.45, 2.75) is 6.42 Å². The van der Waals surface area contributed by atoms with Crippen molar-refractivity contribution in [3.63, 3.8) is 0 Å². The highest BCUT2D eigenvalue weighted by Gasteiger charge is 2.33. The van der Waals surface area contributed by atoms with E-state index in [1.165, 1.54) is 0 Å². The molecule has 8 heteroatoms. The minimum Gasteiger partial charge on any atom is -0.409 e. The normalized spacial score (nSPS) is 21.6. The van der Waals surface area contributed by atoms with Crippen molar-refractivity contribution in [2.24, 2.45) is 16.8 Å². The molecule has 20 heavy (non-hydrogen) atoms. The number of sulfone groups is 1. The summed E-state index contributed by atoms with van der Waals surface area (Å²) in [7, 11) is -3.11. The predicted molar refractivity (Wildman–Crippen MR) is 74.3 cm³/mol. The first-order valence-electron chi connectivity index (χ1n) is 6.01. The maximum absolute atomic E-state index is 12.0. The molecule has 0 aliphatic carbocycles. The Labute approximate surface area is 116 Å². The molecule has 108 valence electrons. The number of amides is 1. The molecule has 2 rings (SSSR count). The molecular weight excluding hydrogens is 282 g/mol. The lowest BCUT2D eigenvalue weighted by atomic mass is 10.1. The highest BCUT2D eigenvalue weighted by Crippen LogP contribution is 2.22. The molecule has 1 fully saturated rings. The number of rotatable bonds is 3. The third-order valence-corrected chi connectivity index (χ3v) is 4.94. The minimum absolute atomic E-state index is 0.0347. The number of carbonyl (C=O) groups excluding carboxylic acids is 1. The molecule has 0 radical (unpaired) electrons. The van der Waals surface area contributed by atoms with Crippen molar-refractivity contribution in [3.05, 3.63) is 29.8 Å². The van der Waals surface area contributed by atoms with Gasteiger partial charge in [0.25, 0.3) is 0 Å². The number of anilines is 1. The first-order chi connectivity index (χ1) is 9.43. The zero-order valence-corrected chi connectivity index (χ0v) is 11.4. The van der Waals surface area contributed by atoms with E-state index in [1.807, 2.05) is 0 Å². The third kappa shape index (κ3) is 3.08. The summed E-state index contributed by atoms with van der Waals surface area (Å²) in [5, 5.41) is 14.2. The van der Waals surface area contributed by atoms with E-state index in [2.05, 4.69) is 10.5 Å². The summed E-state index contributed by atoms with van der Waals surface area (Å²) in [5.74, 6) is -1.15. The average Bonchev–Trinajstić information content (AvgIpc) is 2.79. The van der Waals surface area contributed by atoms with E-state index in [0.29, 0.717) is 17.7 Å². The Morgan fingerprint density at radius 2 is 2.10 bits per heavy atom. The molecule has 1 atom stereocenters. The highest BCUT2D eigenvalue weighted by atomic mass is 32.2. The fraction of sp³-hybridized carbons (Fsp3) is 0.333. The Morgan fingerprint density at radius 1 is 1.40 bits per heavy atom. The van der Waals surface area contributed by atoms with E-state index < -0.39 is 15.8 Å². The molecule has 1 amide bonds. The van der Waals surface area contributed by atoms with Crippen molar-refractivity contribution in [1.82, 2.24) is 0 Å². The van der Waals surface area contributed by atoms with Gasteiger partial charge in [-0.1, -0.05) is 17.3 Å². The van der Waals surface area contributed by atoms with Crippen LogP contribution in [0, 0.1) is 5.92 Å². The average molecular weight is 297 g/mol. The zero-order chi connectivity index (χ0) is 14.8. The number of nitrogens with one attached hydrogen (secondary N) is 1. The summed E-state index contributed by atoms with van der Waals surface area (Å²) in [6.07, 6.45) is 0.319. The summed E-state index contributed by atoms with van der Waals surface area (Å²) in [4.78, 5) is 12.0. The number of nitrogens with two attached hydrogens (primary N) is 1. The molecule has 0 aromatic heterocycles. The largest absolute Gasteiger partial charge is 0.409 e. The predicted octanol–water partition coefficient (Wildman–Crippen LogP) is 0.154. The molecule has 1 aromatic rings. The molecular formula is C12H15N3O4S. The van der Waals surface area contributed by atoms with Gasteiger partial charge >= 0.3 is 0 Å². The Hall–Kier alpha value is -2.09. The quantitative estimate of drug-likeness (QED) is 0.317. The highest BCUT2D eigenvalue weighted by molar-refractivity contribution is 7.91. The molecule has 0 saturated carbocycles. The fourth-order valence-corrected chi connectivity index (χ4v) is 3.85. The van der Waals surface area contributed by atoms with Crippen LogP contribution in [0.25, 0.3) is 0 Å². The van der Waals surface area contributed by atoms with Crippen LogP contribution in [0.3, 0.4) is 0 Å². The van der Waals surface area contributed by atoms with Crippen LogP contribution in [0.15, 0.2) is 29.4 Å². The van der Waals surface area contributed by atoms with Gasteiger partial charge in [0.05, 0.1) is 23.1 Å². The number of nitrogens with zero attached hydrogens (tertiary/aromatic N) is 1. The zero-order valence-electron chi connectivity index (χ0n) is 10.6. The van der Waals surface area contributed by atoms with E-state index >= 15 is 0 Å². The second-order valence-electron chi connectivity index (χ2n) is 4.62. The monoisotopic (exact) mass is 297 g/mol. The van der Waals surface area contributed by atoms with Crippen LogP contribution >= 0.6 is 0 Å². The maximum atomic E-state index is 12.0. The van der Waals surface area contributed by atoms with Crippen LogP contribution in [-0.4, -0.2) is 36.9 Å². The summed E-state index contributed by atoms with van der Waals surface area (Å²) < 4.78 is 22.7. The van der Waals surface area contributed by atoms with Crippen LogP contribution in [0.4, 0.5) is 5.69 Å². The van der Waals surface area contributed by atoms with Crippen molar-refractivity contribution in [3.8, 4) is 0 Å². The van der Waals surface area contributed by atoms with Gasteiger partial charge in [0.1, 0.15) is 0 Å². The molecule has 1 unspecified atom stereocenters. The van der Waals surface area contributed by atoms with Crippen LogP contribution in [-0.2, 0) is 14.6 Å². The Balaban J connectivity index is 2.17. The number of hydrogen-bond acceptors (Lipinski definition) is 5. The molecule has 7 nitrogen and oxygen atoms in total. The molecule has 1 aliphatic rings. The number of benzene rings is 1. The Kier molecular flexibility index (Phi) is 3.93. The van der Waals surface area contributed by atoms with Gasteiger partial charge in [-0.2, -0.15) is 0 Å². The number of hydrogen-bond donors (Lipinski definition) is 3. The molecule has 4 N–H and O–H groups in total. The van der Waals surface area contributed by atoms with Crippen LogP contribution in [0.2, 0.25) is 0 Å². The number of carbonyl (C=O) groups is 1. The van der Waals surface area contributed by atoms with E-state index in [9.17, 15) is 13.2 Å². The van der Waals surface area contributed by atoms with Crippen LogP contribution in [0.1, 0.15) is 12.0 Å². The van der Waals surface area contributed by atoms with E-state index in [-0.39, 0.29) is 23.2 Å². The summed E-state index contributed by atoms with van der Waals surface area (Å²) in [6.45, 7) is 0. The van der Waals surface area contributed by atoms with Crippen LogP contribution < -0.4 is 11.1 Å². The maximum Gasteiger partial charge on any atom is 0.228 e. The second kappa shape index (κ2) is 5.49. The third-order valence-electron chi connectivity index (χ3n) is 3.17.